The molecule has 0 aliphatic heterocycles. The van der Waals surface area contributed by atoms with E-state index < -0.39 is 10.0 Å². The van der Waals surface area contributed by atoms with E-state index in [0.29, 0.717) is 11.4 Å². The summed E-state index contributed by atoms with van der Waals surface area (Å²) < 4.78 is 25.6. The SMILES string of the molecule is Cc1ccc(NC(=O)CCN(c2cc(C)cc(C)c2)S(C)(=O)=O)cc1. The van der Waals surface area contributed by atoms with Crippen LogP contribution in [0.2, 0.25) is 0 Å². The van der Waals surface area contributed by atoms with Crippen molar-refractivity contribution in [1.29, 1.82) is 0 Å². The molecule has 2 aromatic rings. The number of aryl methyl sites for hydroxylation is 3. The molecule has 6 heteroatoms. The third-order valence-corrected chi connectivity index (χ3v) is 4.97. The van der Waals surface area contributed by atoms with Crippen LogP contribution >= 0.6 is 0 Å². The van der Waals surface area contributed by atoms with Crippen LogP contribution in [0.5, 0.6) is 0 Å². The molecule has 0 fully saturated rings. The van der Waals surface area contributed by atoms with E-state index >= 15 is 0 Å². The number of benzene rings is 2. The molecule has 2 rings (SSSR count). The van der Waals surface area contributed by atoms with Crippen LogP contribution < -0.4 is 9.62 Å². The molecule has 0 radical (unpaired) electrons. The summed E-state index contributed by atoms with van der Waals surface area (Å²) in [6, 6.07) is 13.1. The van der Waals surface area contributed by atoms with Gasteiger partial charge >= 0.3 is 0 Å². The van der Waals surface area contributed by atoms with Crippen LogP contribution in [-0.4, -0.2) is 27.1 Å². The van der Waals surface area contributed by atoms with Gasteiger partial charge < -0.3 is 5.32 Å². The van der Waals surface area contributed by atoms with Gasteiger partial charge in [-0.3, -0.25) is 9.10 Å². The number of carbonyl (C=O) groups is 1. The fraction of sp³-hybridized carbons (Fsp3) is 0.316. The van der Waals surface area contributed by atoms with Gasteiger partial charge in [-0.1, -0.05) is 23.8 Å². The maximum absolute atomic E-state index is 12.2. The number of hydrogen-bond acceptors (Lipinski definition) is 3. The van der Waals surface area contributed by atoms with Gasteiger partial charge in [0, 0.05) is 18.7 Å². The summed E-state index contributed by atoms with van der Waals surface area (Å²) in [5.74, 6) is -0.220. The van der Waals surface area contributed by atoms with Crippen molar-refractivity contribution in [3.05, 3.63) is 59.2 Å². The van der Waals surface area contributed by atoms with Gasteiger partial charge in [0.1, 0.15) is 0 Å². The largest absolute Gasteiger partial charge is 0.326 e. The Balaban J connectivity index is 2.10. The van der Waals surface area contributed by atoms with Gasteiger partial charge in [-0.05, 0) is 56.2 Å². The first-order valence-electron chi connectivity index (χ1n) is 8.08. The molecular weight excluding hydrogens is 336 g/mol. The van der Waals surface area contributed by atoms with Crippen LogP contribution in [-0.2, 0) is 14.8 Å². The molecule has 5 nitrogen and oxygen atoms in total. The fourth-order valence-corrected chi connectivity index (χ4v) is 3.56. The molecule has 0 heterocycles. The van der Waals surface area contributed by atoms with Gasteiger partial charge in [0.25, 0.3) is 0 Å². The molecule has 0 unspecified atom stereocenters. The van der Waals surface area contributed by atoms with Crippen molar-refractivity contribution >= 4 is 27.3 Å². The first-order valence-corrected chi connectivity index (χ1v) is 9.92. The predicted molar refractivity (Wildman–Crippen MR) is 103 cm³/mol. The molecule has 2 aromatic carbocycles. The lowest BCUT2D eigenvalue weighted by Crippen LogP contribution is -2.33. The molecule has 0 aromatic heterocycles. The topological polar surface area (TPSA) is 66.5 Å². The molecule has 0 bridgehead atoms. The number of hydrogen-bond donors (Lipinski definition) is 1. The van der Waals surface area contributed by atoms with Crippen LogP contribution in [0.4, 0.5) is 11.4 Å². The number of nitrogens with zero attached hydrogens (tertiary/aromatic N) is 1. The molecule has 1 amide bonds. The van der Waals surface area contributed by atoms with Crippen molar-refractivity contribution in [2.45, 2.75) is 27.2 Å². The smallest absolute Gasteiger partial charge is 0.232 e. The van der Waals surface area contributed by atoms with Crippen LogP contribution in [0.25, 0.3) is 0 Å². The molecule has 0 aliphatic carbocycles. The Bertz CT molecular complexity index is 838. The zero-order chi connectivity index (χ0) is 18.6. The average molecular weight is 360 g/mol. The molecule has 0 atom stereocenters. The maximum atomic E-state index is 12.2. The first kappa shape index (κ1) is 19.0. The molecule has 0 saturated carbocycles. The van der Waals surface area contributed by atoms with Gasteiger partial charge in [-0.15, -0.1) is 0 Å². The van der Waals surface area contributed by atoms with Gasteiger partial charge in [0.15, 0.2) is 0 Å². The number of rotatable bonds is 6. The van der Waals surface area contributed by atoms with Crippen LogP contribution in [0.1, 0.15) is 23.1 Å². The highest BCUT2D eigenvalue weighted by molar-refractivity contribution is 7.92. The van der Waals surface area contributed by atoms with Gasteiger partial charge in [-0.25, -0.2) is 8.42 Å². The van der Waals surface area contributed by atoms with E-state index in [0.717, 1.165) is 22.9 Å². The van der Waals surface area contributed by atoms with Crippen LogP contribution in [0.3, 0.4) is 0 Å². The maximum Gasteiger partial charge on any atom is 0.232 e. The van der Waals surface area contributed by atoms with Gasteiger partial charge in [-0.2, -0.15) is 0 Å². The molecule has 25 heavy (non-hydrogen) atoms. The van der Waals surface area contributed by atoms with E-state index in [1.54, 1.807) is 0 Å². The Hall–Kier alpha value is -2.34. The normalized spacial score (nSPS) is 11.2. The monoisotopic (exact) mass is 360 g/mol. The fourth-order valence-electron chi connectivity index (χ4n) is 2.64. The van der Waals surface area contributed by atoms with Gasteiger partial charge in [0.05, 0.1) is 11.9 Å². The number of nitrogens with one attached hydrogen (secondary N) is 1. The molecule has 134 valence electrons. The van der Waals surface area contributed by atoms with Crippen LogP contribution in [0.15, 0.2) is 42.5 Å². The minimum absolute atomic E-state index is 0.0773. The number of anilines is 2. The second kappa shape index (κ2) is 7.70. The van der Waals surface area contributed by atoms with E-state index in [9.17, 15) is 13.2 Å². The van der Waals surface area contributed by atoms with Gasteiger partial charge in [0.2, 0.25) is 15.9 Å². The van der Waals surface area contributed by atoms with Crippen molar-refractivity contribution in [2.75, 3.05) is 22.4 Å². The Morgan fingerprint density at radius 3 is 2.04 bits per heavy atom. The third kappa shape index (κ3) is 5.60. The van der Waals surface area contributed by atoms with Crippen molar-refractivity contribution in [3.8, 4) is 0 Å². The van der Waals surface area contributed by atoms with Crippen LogP contribution in [0, 0.1) is 20.8 Å². The zero-order valence-corrected chi connectivity index (χ0v) is 15.9. The summed E-state index contributed by atoms with van der Waals surface area (Å²) in [6.45, 7) is 5.90. The Labute approximate surface area is 149 Å². The lowest BCUT2D eigenvalue weighted by molar-refractivity contribution is -0.116. The highest BCUT2D eigenvalue weighted by Crippen LogP contribution is 2.21. The quantitative estimate of drug-likeness (QED) is 0.858. The van der Waals surface area contributed by atoms with Crippen molar-refractivity contribution < 1.29 is 13.2 Å². The second-order valence-corrected chi connectivity index (χ2v) is 8.25. The van der Waals surface area contributed by atoms with Crippen molar-refractivity contribution in [1.82, 2.24) is 0 Å². The second-order valence-electron chi connectivity index (χ2n) is 6.35. The van der Waals surface area contributed by atoms with E-state index in [1.165, 1.54) is 4.31 Å². The summed E-state index contributed by atoms with van der Waals surface area (Å²) in [7, 11) is -3.47. The number of sulfonamides is 1. The van der Waals surface area contributed by atoms with Crippen molar-refractivity contribution in [2.24, 2.45) is 0 Å². The third-order valence-electron chi connectivity index (χ3n) is 3.77. The molecule has 0 spiro atoms. The van der Waals surface area contributed by atoms with E-state index in [2.05, 4.69) is 5.32 Å². The summed E-state index contributed by atoms with van der Waals surface area (Å²) in [4.78, 5) is 12.2. The highest BCUT2D eigenvalue weighted by Gasteiger charge is 2.19. The molecule has 0 saturated heterocycles. The Morgan fingerprint density at radius 2 is 1.52 bits per heavy atom. The lowest BCUT2D eigenvalue weighted by atomic mass is 10.1. The van der Waals surface area contributed by atoms with Crippen molar-refractivity contribution in [3.63, 3.8) is 0 Å². The minimum atomic E-state index is -3.47. The summed E-state index contributed by atoms with van der Waals surface area (Å²) in [6.07, 6.45) is 1.23. The van der Waals surface area contributed by atoms with E-state index in [4.69, 9.17) is 0 Å². The summed E-state index contributed by atoms with van der Waals surface area (Å²) >= 11 is 0. The molecule has 1 N–H and O–H groups in total. The molecule has 0 aliphatic rings. The zero-order valence-electron chi connectivity index (χ0n) is 15.0. The minimum Gasteiger partial charge on any atom is -0.326 e. The Morgan fingerprint density at radius 1 is 0.960 bits per heavy atom. The summed E-state index contributed by atoms with van der Waals surface area (Å²) in [5.41, 5.74) is 4.35. The average Bonchev–Trinajstić information content (AvgIpc) is 2.47. The standard InChI is InChI=1S/C19H24N2O3S/c1-14-5-7-17(8-6-14)20-19(22)9-10-21(25(4,23)24)18-12-15(2)11-16(3)13-18/h5-8,11-13H,9-10H2,1-4H3,(H,20,22). The van der Waals surface area contributed by atoms with E-state index in [-0.39, 0.29) is 18.9 Å². The number of carbonyl (C=O) groups excluding carboxylic acids is 1. The molecular formula is C19H24N2O3S. The highest BCUT2D eigenvalue weighted by atomic mass is 32.2. The summed E-state index contributed by atoms with van der Waals surface area (Å²) in [5, 5.41) is 2.79. The Kier molecular flexibility index (Phi) is 5.85. The lowest BCUT2D eigenvalue weighted by Gasteiger charge is -2.23. The number of amides is 1. The predicted octanol–water partition coefficient (Wildman–Crippen LogP) is 3.41. The first-order chi connectivity index (χ1) is 11.6. The van der Waals surface area contributed by atoms with E-state index in [1.807, 2.05) is 63.2 Å².